The van der Waals surface area contributed by atoms with Crippen LogP contribution < -0.4 is 0 Å². The van der Waals surface area contributed by atoms with Crippen LogP contribution in [0, 0.1) is 0 Å². The van der Waals surface area contributed by atoms with E-state index >= 15 is 0 Å². The number of rotatable bonds is 4. The third-order valence-electron chi connectivity index (χ3n) is 2.69. The van der Waals surface area contributed by atoms with Crippen molar-refractivity contribution in [3.05, 3.63) is 41.5 Å². The number of methoxy groups -OCH3 is 1. The second kappa shape index (κ2) is 7.64. The van der Waals surface area contributed by atoms with Crippen LogP contribution in [0.25, 0.3) is 6.08 Å². The maximum atomic E-state index is 11.9. The van der Waals surface area contributed by atoms with E-state index in [4.69, 9.17) is 4.74 Å². The van der Waals surface area contributed by atoms with Crippen molar-refractivity contribution in [2.45, 2.75) is 32.9 Å². The van der Waals surface area contributed by atoms with Crippen LogP contribution in [0.4, 0.5) is 4.79 Å². The van der Waals surface area contributed by atoms with Crippen LogP contribution in [-0.4, -0.2) is 36.7 Å². The topological polar surface area (TPSA) is 55.8 Å². The highest BCUT2D eigenvalue weighted by atomic mass is 16.6. The minimum Gasteiger partial charge on any atom is -0.466 e. The Labute approximate surface area is 131 Å². The van der Waals surface area contributed by atoms with Gasteiger partial charge < -0.3 is 14.4 Å². The normalized spacial score (nSPS) is 11.3. The van der Waals surface area contributed by atoms with Crippen LogP contribution in [0.15, 0.2) is 30.3 Å². The number of amides is 1. The van der Waals surface area contributed by atoms with Crippen LogP contribution in [0.1, 0.15) is 31.9 Å². The fourth-order valence-electron chi connectivity index (χ4n) is 1.71. The van der Waals surface area contributed by atoms with E-state index in [0.717, 1.165) is 11.1 Å². The minimum atomic E-state index is -0.517. The van der Waals surface area contributed by atoms with Gasteiger partial charge in [-0.2, -0.15) is 0 Å². The number of esters is 1. The standard InChI is InChI=1S/C17H23NO4/c1-17(2,3)22-16(20)18(4)12-14-8-6-7-13(11-14)9-10-15(19)21-5/h6-11H,12H2,1-5H3. The van der Waals surface area contributed by atoms with Crippen LogP contribution in [0.2, 0.25) is 0 Å². The van der Waals surface area contributed by atoms with Crippen molar-refractivity contribution in [2.24, 2.45) is 0 Å². The first-order valence-corrected chi connectivity index (χ1v) is 7.00. The zero-order valence-corrected chi connectivity index (χ0v) is 13.8. The summed E-state index contributed by atoms with van der Waals surface area (Å²) in [7, 11) is 3.02. The van der Waals surface area contributed by atoms with E-state index in [1.807, 2.05) is 45.0 Å². The second-order valence-electron chi connectivity index (χ2n) is 5.94. The molecular formula is C17H23NO4. The lowest BCUT2D eigenvalue weighted by molar-refractivity contribution is -0.134. The third kappa shape index (κ3) is 6.43. The van der Waals surface area contributed by atoms with Gasteiger partial charge in [0.05, 0.1) is 7.11 Å². The van der Waals surface area contributed by atoms with Crippen molar-refractivity contribution in [1.29, 1.82) is 0 Å². The number of benzene rings is 1. The Morgan fingerprint density at radius 3 is 2.55 bits per heavy atom. The van der Waals surface area contributed by atoms with Gasteiger partial charge in [-0.1, -0.05) is 18.2 Å². The minimum absolute atomic E-state index is 0.372. The van der Waals surface area contributed by atoms with Crippen molar-refractivity contribution >= 4 is 18.1 Å². The van der Waals surface area contributed by atoms with Gasteiger partial charge in [0.1, 0.15) is 5.60 Å². The van der Waals surface area contributed by atoms with E-state index in [2.05, 4.69) is 4.74 Å². The monoisotopic (exact) mass is 305 g/mol. The molecule has 0 radical (unpaired) electrons. The van der Waals surface area contributed by atoms with Crippen LogP contribution >= 0.6 is 0 Å². The summed E-state index contributed by atoms with van der Waals surface area (Å²) in [6.07, 6.45) is 2.66. The molecule has 0 saturated heterocycles. The molecule has 0 aliphatic rings. The Morgan fingerprint density at radius 1 is 1.27 bits per heavy atom. The molecule has 1 amide bonds. The fourth-order valence-corrected chi connectivity index (χ4v) is 1.71. The van der Waals surface area contributed by atoms with E-state index in [0.29, 0.717) is 6.54 Å². The summed E-state index contributed by atoms with van der Waals surface area (Å²) in [5.41, 5.74) is 1.29. The molecule has 1 aromatic carbocycles. The maximum Gasteiger partial charge on any atom is 0.410 e. The van der Waals surface area contributed by atoms with Gasteiger partial charge in [0.15, 0.2) is 0 Å². The van der Waals surface area contributed by atoms with E-state index in [-0.39, 0.29) is 6.09 Å². The molecule has 5 heteroatoms. The zero-order valence-electron chi connectivity index (χ0n) is 13.8. The summed E-state index contributed by atoms with van der Waals surface area (Å²) in [6.45, 7) is 5.92. The van der Waals surface area contributed by atoms with Gasteiger partial charge >= 0.3 is 12.1 Å². The molecule has 22 heavy (non-hydrogen) atoms. The van der Waals surface area contributed by atoms with Crippen molar-refractivity contribution < 1.29 is 19.1 Å². The molecule has 0 saturated carbocycles. The molecule has 0 fully saturated rings. The van der Waals surface area contributed by atoms with E-state index < -0.39 is 11.6 Å². The molecule has 0 aliphatic heterocycles. The Morgan fingerprint density at radius 2 is 1.95 bits per heavy atom. The van der Waals surface area contributed by atoms with Gasteiger partial charge in [-0.15, -0.1) is 0 Å². The van der Waals surface area contributed by atoms with Crippen molar-refractivity contribution in [3.63, 3.8) is 0 Å². The Kier molecular flexibility index (Phi) is 6.16. The summed E-state index contributed by atoms with van der Waals surface area (Å²) in [5, 5.41) is 0. The number of hydrogen-bond acceptors (Lipinski definition) is 4. The third-order valence-corrected chi connectivity index (χ3v) is 2.69. The average Bonchev–Trinajstić information content (AvgIpc) is 2.43. The van der Waals surface area contributed by atoms with Crippen LogP contribution in [0.3, 0.4) is 0 Å². The van der Waals surface area contributed by atoms with Crippen molar-refractivity contribution in [3.8, 4) is 0 Å². The van der Waals surface area contributed by atoms with Gasteiger partial charge in [0, 0.05) is 19.7 Å². The highest BCUT2D eigenvalue weighted by Gasteiger charge is 2.19. The summed E-state index contributed by atoms with van der Waals surface area (Å²) in [5.74, 6) is -0.406. The van der Waals surface area contributed by atoms with Crippen LogP contribution in [0.5, 0.6) is 0 Å². The SMILES string of the molecule is COC(=O)C=Cc1cccc(CN(C)C(=O)OC(C)(C)C)c1. The number of carbonyl (C=O) groups is 2. The van der Waals surface area contributed by atoms with Gasteiger partial charge in [-0.3, -0.25) is 0 Å². The Balaban J connectivity index is 2.72. The Hall–Kier alpha value is -2.30. The van der Waals surface area contributed by atoms with Crippen molar-refractivity contribution in [2.75, 3.05) is 14.2 Å². The largest absolute Gasteiger partial charge is 0.466 e. The van der Waals surface area contributed by atoms with Gasteiger partial charge in [-0.05, 0) is 44.0 Å². The molecule has 0 N–H and O–H groups in total. The Bertz CT molecular complexity index is 558. The smallest absolute Gasteiger partial charge is 0.410 e. The lowest BCUT2D eigenvalue weighted by Crippen LogP contribution is -2.33. The molecule has 5 nitrogen and oxygen atoms in total. The molecule has 0 bridgehead atoms. The average molecular weight is 305 g/mol. The lowest BCUT2D eigenvalue weighted by Gasteiger charge is -2.24. The molecule has 0 spiro atoms. The highest BCUT2D eigenvalue weighted by molar-refractivity contribution is 5.86. The summed E-state index contributed by atoms with van der Waals surface area (Å²) in [6, 6.07) is 7.56. The number of carbonyl (C=O) groups excluding carboxylic acids is 2. The van der Waals surface area contributed by atoms with E-state index in [1.54, 1.807) is 13.1 Å². The summed E-state index contributed by atoms with van der Waals surface area (Å²) in [4.78, 5) is 24.5. The fraction of sp³-hybridized carbons (Fsp3) is 0.412. The molecule has 1 aromatic rings. The maximum absolute atomic E-state index is 11.9. The number of hydrogen-bond donors (Lipinski definition) is 0. The molecule has 0 aliphatic carbocycles. The summed E-state index contributed by atoms with van der Waals surface area (Å²) < 4.78 is 9.86. The first-order valence-electron chi connectivity index (χ1n) is 7.00. The first-order chi connectivity index (χ1) is 10.2. The molecular weight excluding hydrogens is 282 g/mol. The number of nitrogens with zero attached hydrogens (tertiary/aromatic N) is 1. The molecule has 0 atom stereocenters. The van der Waals surface area contributed by atoms with E-state index in [9.17, 15) is 9.59 Å². The second-order valence-corrected chi connectivity index (χ2v) is 5.94. The molecule has 0 unspecified atom stereocenters. The van der Waals surface area contributed by atoms with Crippen LogP contribution in [-0.2, 0) is 20.8 Å². The molecule has 120 valence electrons. The molecule has 1 rings (SSSR count). The van der Waals surface area contributed by atoms with E-state index in [1.165, 1.54) is 18.1 Å². The van der Waals surface area contributed by atoms with Gasteiger partial charge in [-0.25, -0.2) is 9.59 Å². The molecule has 0 heterocycles. The quantitative estimate of drug-likeness (QED) is 0.633. The predicted octanol–water partition coefficient (Wildman–Crippen LogP) is 3.24. The highest BCUT2D eigenvalue weighted by Crippen LogP contribution is 2.13. The van der Waals surface area contributed by atoms with Gasteiger partial charge in [0.25, 0.3) is 0 Å². The molecule has 0 aromatic heterocycles. The lowest BCUT2D eigenvalue weighted by atomic mass is 10.1. The predicted molar refractivity (Wildman–Crippen MR) is 85.2 cm³/mol. The first kappa shape index (κ1) is 17.8. The van der Waals surface area contributed by atoms with Gasteiger partial charge in [0.2, 0.25) is 0 Å². The summed E-state index contributed by atoms with van der Waals surface area (Å²) >= 11 is 0. The number of ether oxygens (including phenoxy) is 2. The van der Waals surface area contributed by atoms with Crippen molar-refractivity contribution in [1.82, 2.24) is 4.90 Å². The zero-order chi connectivity index (χ0) is 16.8.